The van der Waals surface area contributed by atoms with E-state index in [0.717, 1.165) is 6.33 Å². The number of rotatable bonds is 8. The van der Waals surface area contributed by atoms with Crippen LogP contribution in [0.25, 0.3) is 0 Å². The molecule has 11 nitrogen and oxygen atoms in total. The lowest BCUT2D eigenvalue weighted by Gasteiger charge is -2.14. The van der Waals surface area contributed by atoms with Crippen LogP contribution in [0.1, 0.15) is 6.92 Å². The van der Waals surface area contributed by atoms with E-state index in [9.17, 15) is 20.2 Å². The predicted octanol–water partition coefficient (Wildman–Crippen LogP) is 2.48. The van der Waals surface area contributed by atoms with Gasteiger partial charge in [-0.2, -0.15) is 0 Å². The highest BCUT2D eigenvalue weighted by atomic mass is 16.6. The molecule has 0 aliphatic carbocycles. The molecule has 0 saturated heterocycles. The molecule has 0 saturated carbocycles. The molecule has 11 heteroatoms. The van der Waals surface area contributed by atoms with E-state index in [-0.39, 0.29) is 29.1 Å². The first-order valence-corrected chi connectivity index (χ1v) is 7.18. The van der Waals surface area contributed by atoms with Crippen molar-refractivity contribution in [1.29, 1.82) is 0 Å². The summed E-state index contributed by atoms with van der Waals surface area (Å²) in [5.41, 5.74) is -0.211. The molecule has 2 N–H and O–H groups in total. The number of anilines is 3. The van der Waals surface area contributed by atoms with Crippen molar-refractivity contribution in [3.63, 3.8) is 0 Å². The summed E-state index contributed by atoms with van der Waals surface area (Å²) in [6.07, 6.45) is 1.16. The minimum atomic E-state index is -0.623. The summed E-state index contributed by atoms with van der Waals surface area (Å²) in [5, 5.41) is 27.9. The van der Waals surface area contributed by atoms with Gasteiger partial charge >= 0.3 is 5.69 Å². The van der Waals surface area contributed by atoms with Crippen LogP contribution in [0.4, 0.5) is 28.7 Å². The van der Waals surface area contributed by atoms with E-state index in [1.54, 1.807) is 13.0 Å². The van der Waals surface area contributed by atoms with Gasteiger partial charge in [-0.15, -0.1) is 0 Å². The molecule has 1 unspecified atom stereocenters. The number of non-ortho nitro benzene ring substituents is 1. The van der Waals surface area contributed by atoms with E-state index in [0.29, 0.717) is 12.3 Å². The zero-order valence-corrected chi connectivity index (χ0v) is 13.5. The number of benzene rings is 1. The third-order valence-corrected chi connectivity index (χ3v) is 3.12. The highest BCUT2D eigenvalue weighted by Gasteiger charge is 2.24. The molecule has 25 heavy (non-hydrogen) atoms. The molecule has 132 valence electrons. The van der Waals surface area contributed by atoms with Crippen LogP contribution in [0.3, 0.4) is 0 Å². The van der Waals surface area contributed by atoms with Gasteiger partial charge in [0.1, 0.15) is 6.33 Å². The Labute approximate surface area is 142 Å². The second-order valence-electron chi connectivity index (χ2n) is 5.11. The van der Waals surface area contributed by atoms with Crippen LogP contribution in [0.15, 0.2) is 30.6 Å². The highest BCUT2D eigenvalue weighted by Crippen LogP contribution is 2.32. The zero-order valence-electron chi connectivity index (χ0n) is 13.5. The topological polar surface area (TPSA) is 145 Å². The summed E-state index contributed by atoms with van der Waals surface area (Å²) < 4.78 is 4.98. The molecule has 2 aromatic rings. The number of nitrogens with one attached hydrogen (secondary N) is 2. The molecule has 0 radical (unpaired) electrons. The molecule has 1 aromatic heterocycles. The Balaban J connectivity index is 2.36. The molecule has 1 atom stereocenters. The van der Waals surface area contributed by atoms with Crippen molar-refractivity contribution in [2.75, 3.05) is 24.4 Å². The van der Waals surface area contributed by atoms with Crippen molar-refractivity contribution < 1.29 is 14.6 Å². The second kappa shape index (κ2) is 7.97. The quantitative estimate of drug-likeness (QED) is 0.542. The lowest BCUT2D eigenvalue weighted by Crippen LogP contribution is -2.22. The normalized spacial score (nSPS) is 11.6. The summed E-state index contributed by atoms with van der Waals surface area (Å²) in [4.78, 5) is 28.9. The summed E-state index contributed by atoms with van der Waals surface area (Å²) >= 11 is 0. The number of hydrogen-bond acceptors (Lipinski definition) is 9. The van der Waals surface area contributed by atoms with Crippen molar-refractivity contribution in [2.24, 2.45) is 0 Å². The fourth-order valence-corrected chi connectivity index (χ4v) is 2.11. The number of hydrogen-bond donors (Lipinski definition) is 2. The minimum Gasteiger partial charge on any atom is -0.383 e. The van der Waals surface area contributed by atoms with Crippen molar-refractivity contribution >= 4 is 28.7 Å². The van der Waals surface area contributed by atoms with Gasteiger partial charge in [0.05, 0.1) is 16.5 Å². The van der Waals surface area contributed by atoms with Gasteiger partial charge in [0.25, 0.3) is 5.69 Å². The standard InChI is InChI=1S/C14H16N6O5/c1-9(7-25-2)17-13-12(20(23)24)14(16-8-15-13)18-10-4-3-5-11(6-10)19(21)22/h3-6,8-9H,7H2,1-2H3,(H2,15,16,17,18). The maximum atomic E-state index is 11.5. The van der Waals surface area contributed by atoms with Gasteiger partial charge < -0.3 is 15.4 Å². The Kier molecular flexibility index (Phi) is 5.74. The monoisotopic (exact) mass is 348 g/mol. The van der Waals surface area contributed by atoms with Gasteiger partial charge in [-0.05, 0) is 13.0 Å². The number of aromatic nitrogens is 2. The van der Waals surface area contributed by atoms with Crippen LogP contribution >= 0.6 is 0 Å². The first kappa shape index (κ1) is 18.0. The van der Waals surface area contributed by atoms with Gasteiger partial charge in [0, 0.05) is 31.0 Å². The van der Waals surface area contributed by atoms with Crippen molar-refractivity contribution in [2.45, 2.75) is 13.0 Å². The van der Waals surface area contributed by atoms with Crippen LogP contribution in [0.5, 0.6) is 0 Å². The molecule has 0 bridgehead atoms. The molecule has 0 aliphatic heterocycles. The molecule has 0 fully saturated rings. The van der Waals surface area contributed by atoms with E-state index in [2.05, 4.69) is 20.6 Å². The summed E-state index contributed by atoms with van der Waals surface area (Å²) in [6, 6.07) is 5.36. The first-order valence-electron chi connectivity index (χ1n) is 7.18. The Morgan fingerprint density at radius 3 is 2.56 bits per heavy atom. The molecule has 0 spiro atoms. The van der Waals surface area contributed by atoms with Gasteiger partial charge in [0.2, 0.25) is 11.6 Å². The molecule has 1 heterocycles. The van der Waals surface area contributed by atoms with Crippen molar-refractivity contribution in [3.8, 4) is 0 Å². The number of nitro benzene ring substituents is 1. The van der Waals surface area contributed by atoms with E-state index in [1.165, 1.54) is 25.3 Å². The van der Waals surface area contributed by atoms with Crippen LogP contribution < -0.4 is 10.6 Å². The Morgan fingerprint density at radius 2 is 1.92 bits per heavy atom. The smallest absolute Gasteiger partial charge is 0.353 e. The fraction of sp³-hybridized carbons (Fsp3) is 0.286. The first-order chi connectivity index (χ1) is 11.9. The number of nitrogens with zero attached hydrogens (tertiary/aromatic N) is 4. The molecule has 1 aromatic carbocycles. The van der Waals surface area contributed by atoms with Crippen LogP contribution in [0, 0.1) is 20.2 Å². The SMILES string of the molecule is COCC(C)Nc1ncnc(Nc2cccc([N+](=O)[O-])c2)c1[N+](=O)[O-]. The Bertz CT molecular complexity index is 784. The van der Waals surface area contributed by atoms with Crippen LogP contribution in [0.2, 0.25) is 0 Å². The maximum absolute atomic E-state index is 11.5. The second-order valence-corrected chi connectivity index (χ2v) is 5.11. The lowest BCUT2D eigenvalue weighted by atomic mass is 10.2. The van der Waals surface area contributed by atoms with E-state index in [4.69, 9.17) is 4.74 Å². The van der Waals surface area contributed by atoms with Gasteiger partial charge in [-0.25, -0.2) is 9.97 Å². The summed E-state index contributed by atoms with van der Waals surface area (Å²) in [5.74, 6) is -0.0508. The highest BCUT2D eigenvalue weighted by molar-refractivity contribution is 5.74. The molecule has 2 rings (SSSR count). The predicted molar refractivity (Wildman–Crippen MR) is 90.0 cm³/mol. The molecular formula is C14H16N6O5. The van der Waals surface area contributed by atoms with E-state index < -0.39 is 9.85 Å². The minimum absolute atomic E-state index is 0.0254. The largest absolute Gasteiger partial charge is 0.383 e. The number of methoxy groups -OCH3 is 1. The third-order valence-electron chi connectivity index (χ3n) is 3.12. The van der Waals surface area contributed by atoms with Crippen molar-refractivity contribution in [1.82, 2.24) is 9.97 Å². The molecule has 0 aliphatic rings. The summed E-state index contributed by atoms with van der Waals surface area (Å²) in [7, 11) is 1.52. The molecular weight excluding hydrogens is 332 g/mol. The average Bonchev–Trinajstić information content (AvgIpc) is 2.55. The van der Waals surface area contributed by atoms with Gasteiger partial charge in [-0.1, -0.05) is 6.07 Å². The summed E-state index contributed by atoms with van der Waals surface area (Å²) in [6.45, 7) is 2.11. The van der Waals surface area contributed by atoms with Gasteiger partial charge in [-0.3, -0.25) is 20.2 Å². The lowest BCUT2D eigenvalue weighted by molar-refractivity contribution is -0.384. The van der Waals surface area contributed by atoms with E-state index in [1.807, 2.05) is 0 Å². The maximum Gasteiger partial charge on any atom is 0.353 e. The van der Waals surface area contributed by atoms with Crippen molar-refractivity contribution in [3.05, 3.63) is 50.8 Å². The average molecular weight is 348 g/mol. The Hall–Kier alpha value is -3.34. The van der Waals surface area contributed by atoms with Gasteiger partial charge in [0.15, 0.2) is 0 Å². The number of ether oxygens (including phenoxy) is 1. The fourth-order valence-electron chi connectivity index (χ4n) is 2.11. The van der Waals surface area contributed by atoms with Crippen LogP contribution in [-0.2, 0) is 4.74 Å². The third kappa shape index (κ3) is 4.57. The van der Waals surface area contributed by atoms with E-state index >= 15 is 0 Å². The number of nitro groups is 2. The Morgan fingerprint density at radius 1 is 1.20 bits per heavy atom. The van der Waals surface area contributed by atoms with Crippen LogP contribution in [-0.4, -0.2) is 39.6 Å². The zero-order chi connectivity index (χ0) is 18.4. The molecule has 0 amide bonds.